The van der Waals surface area contributed by atoms with Gasteiger partial charge in [0.05, 0.1) is 25.5 Å². The highest BCUT2D eigenvalue weighted by Crippen LogP contribution is 2.34. The van der Waals surface area contributed by atoms with Gasteiger partial charge in [-0.1, -0.05) is 36.4 Å². The Morgan fingerprint density at radius 3 is 2.65 bits per heavy atom. The summed E-state index contributed by atoms with van der Waals surface area (Å²) in [5.74, 6) is -0.0790. The van der Waals surface area contributed by atoms with Crippen LogP contribution in [-0.4, -0.2) is 57.1 Å². The Hall–Kier alpha value is -4.38. The number of aromatic nitrogens is 3. The number of benzene rings is 2. The lowest BCUT2D eigenvalue weighted by molar-refractivity contribution is -0.147. The average molecular weight is 553 g/mol. The number of methoxy groups -OCH3 is 1. The Bertz CT molecular complexity index is 1550. The van der Waals surface area contributed by atoms with Crippen molar-refractivity contribution in [3.63, 3.8) is 0 Å². The second-order valence-corrected chi connectivity index (χ2v) is 9.58. The summed E-state index contributed by atoms with van der Waals surface area (Å²) in [6.45, 7) is 1.92. The molecule has 5 rings (SSSR count). The maximum absolute atomic E-state index is 12.8. The number of hydrogen-bond donors (Lipinski definition) is 1. The summed E-state index contributed by atoms with van der Waals surface area (Å²) in [5.41, 5.74) is 5.02. The molecule has 2 aromatic heterocycles. The summed E-state index contributed by atoms with van der Waals surface area (Å²) in [6.07, 6.45) is -2.45. The molecule has 40 heavy (non-hydrogen) atoms. The highest BCUT2D eigenvalue weighted by molar-refractivity contribution is 5.90. The number of alkyl halides is 3. The molecule has 208 valence electrons. The standard InChI is InChI=1S/C29H27F3N4O4/c1-18-5-3-6-22(24-7-4-8-25(34-24)36-27(39-2)23(14-33-36)28(37)38)26(18)40-16-19-9-10-21-15-35(17-29(30,31)32)12-11-20(21)13-19/h3-10,13-14H,11-12,15-17H2,1-2H3,(H,37,38). The fourth-order valence-corrected chi connectivity index (χ4v) is 4.88. The van der Waals surface area contributed by atoms with Crippen molar-refractivity contribution in [2.45, 2.75) is 32.7 Å². The van der Waals surface area contributed by atoms with E-state index in [1.807, 2.05) is 49.4 Å². The van der Waals surface area contributed by atoms with Crippen molar-refractivity contribution in [2.75, 3.05) is 20.2 Å². The second-order valence-electron chi connectivity index (χ2n) is 9.58. The third-order valence-corrected chi connectivity index (χ3v) is 6.74. The lowest BCUT2D eigenvalue weighted by Crippen LogP contribution is -2.38. The van der Waals surface area contributed by atoms with Gasteiger partial charge in [0.25, 0.3) is 0 Å². The Morgan fingerprint density at radius 2 is 1.90 bits per heavy atom. The van der Waals surface area contributed by atoms with Gasteiger partial charge in [-0.3, -0.25) is 4.90 Å². The zero-order valence-corrected chi connectivity index (χ0v) is 21.9. The minimum absolute atomic E-state index is 0.0619. The van der Waals surface area contributed by atoms with Crippen LogP contribution in [0.3, 0.4) is 0 Å². The fraction of sp³-hybridized carbons (Fsp3) is 0.276. The van der Waals surface area contributed by atoms with E-state index < -0.39 is 18.7 Å². The topological polar surface area (TPSA) is 89.7 Å². The average Bonchev–Trinajstić information content (AvgIpc) is 3.36. The largest absolute Gasteiger partial charge is 0.488 e. The minimum atomic E-state index is -4.21. The van der Waals surface area contributed by atoms with Gasteiger partial charge < -0.3 is 14.6 Å². The molecule has 3 heterocycles. The van der Waals surface area contributed by atoms with Crippen molar-refractivity contribution in [3.05, 3.63) is 88.6 Å². The Kier molecular flexibility index (Phi) is 7.49. The van der Waals surface area contributed by atoms with Gasteiger partial charge >= 0.3 is 12.1 Å². The molecule has 0 atom stereocenters. The van der Waals surface area contributed by atoms with E-state index in [1.54, 1.807) is 12.1 Å². The molecule has 1 aliphatic rings. The van der Waals surface area contributed by atoms with E-state index in [0.717, 1.165) is 27.8 Å². The van der Waals surface area contributed by atoms with Gasteiger partial charge in [0, 0.05) is 18.7 Å². The van der Waals surface area contributed by atoms with E-state index in [2.05, 4.69) is 5.10 Å². The first-order chi connectivity index (χ1) is 19.1. The maximum atomic E-state index is 12.8. The Morgan fingerprint density at radius 1 is 1.10 bits per heavy atom. The van der Waals surface area contributed by atoms with Crippen LogP contribution >= 0.6 is 0 Å². The van der Waals surface area contributed by atoms with Crippen LogP contribution in [0.1, 0.15) is 32.6 Å². The van der Waals surface area contributed by atoms with Crippen LogP contribution < -0.4 is 9.47 Å². The predicted molar refractivity (Wildman–Crippen MR) is 141 cm³/mol. The maximum Gasteiger partial charge on any atom is 0.401 e. The minimum Gasteiger partial charge on any atom is -0.488 e. The number of hydrogen-bond acceptors (Lipinski definition) is 6. The molecule has 1 aliphatic heterocycles. The number of aryl methyl sites for hydroxylation is 1. The molecular weight excluding hydrogens is 525 g/mol. The summed E-state index contributed by atoms with van der Waals surface area (Å²) in [7, 11) is 1.37. The van der Waals surface area contributed by atoms with Crippen molar-refractivity contribution in [2.24, 2.45) is 0 Å². The second kappa shape index (κ2) is 11.0. The molecule has 11 heteroatoms. The predicted octanol–water partition coefficient (Wildman–Crippen LogP) is 5.45. The molecule has 1 N–H and O–H groups in total. The van der Waals surface area contributed by atoms with Gasteiger partial charge in [-0.25, -0.2) is 9.78 Å². The number of halogens is 3. The number of nitrogens with zero attached hydrogens (tertiary/aromatic N) is 4. The summed E-state index contributed by atoms with van der Waals surface area (Å²) in [5, 5.41) is 13.6. The SMILES string of the molecule is COc1c(C(=O)O)cnn1-c1cccc(-c2cccc(C)c2OCc2ccc3c(c2)CCN(CC(F)(F)F)C3)n1. The summed E-state index contributed by atoms with van der Waals surface area (Å²) in [6, 6.07) is 16.8. The van der Waals surface area contributed by atoms with Gasteiger partial charge in [0.15, 0.2) is 5.82 Å². The number of pyridine rings is 1. The van der Waals surface area contributed by atoms with Crippen molar-refractivity contribution in [1.82, 2.24) is 19.7 Å². The third kappa shape index (κ3) is 5.79. The molecule has 0 spiro atoms. The molecule has 0 aliphatic carbocycles. The molecular formula is C29H27F3N4O4. The van der Waals surface area contributed by atoms with E-state index >= 15 is 0 Å². The van der Waals surface area contributed by atoms with E-state index in [0.29, 0.717) is 30.2 Å². The number of aromatic carboxylic acids is 1. The number of carbonyl (C=O) groups is 1. The molecule has 0 saturated carbocycles. The van der Waals surface area contributed by atoms with E-state index in [1.165, 1.54) is 22.9 Å². The molecule has 0 amide bonds. The zero-order chi connectivity index (χ0) is 28.4. The van der Waals surface area contributed by atoms with Gasteiger partial charge in [-0.05, 0) is 53.8 Å². The molecule has 0 unspecified atom stereocenters. The summed E-state index contributed by atoms with van der Waals surface area (Å²) in [4.78, 5) is 17.6. The lowest BCUT2D eigenvalue weighted by Gasteiger charge is -2.29. The fourth-order valence-electron chi connectivity index (χ4n) is 4.88. The number of rotatable bonds is 8. The monoisotopic (exact) mass is 552 g/mol. The molecule has 0 bridgehead atoms. The molecule has 4 aromatic rings. The normalized spacial score (nSPS) is 13.6. The highest BCUT2D eigenvalue weighted by atomic mass is 19.4. The van der Waals surface area contributed by atoms with E-state index in [4.69, 9.17) is 14.5 Å². The number of ether oxygens (including phenoxy) is 2. The zero-order valence-electron chi connectivity index (χ0n) is 21.9. The van der Waals surface area contributed by atoms with Gasteiger partial charge in [0.2, 0.25) is 5.88 Å². The Labute approximate surface area is 228 Å². The van der Waals surface area contributed by atoms with E-state index in [-0.39, 0.29) is 24.6 Å². The first kappa shape index (κ1) is 27.2. The molecule has 0 fully saturated rings. The first-order valence-corrected chi connectivity index (χ1v) is 12.6. The van der Waals surface area contributed by atoms with Crippen molar-refractivity contribution >= 4 is 5.97 Å². The smallest absolute Gasteiger partial charge is 0.401 e. The van der Waals surface area contributed by atoms with Gasteiger partial charge in [0.1, 0.15) is 17.9 Å². The van der Waals surface area contributed by atoms with Gasteiger partial charge in [-0.2, -0.15) is 23.0 Å². The van der Waals surface area contributed by atoms with Crippen molar-refractivity contribution < 1.29 is 32.5 Å². The summed E-state index contributed by atoms with van der Waals surface area (Å²) >= 11 is 0. The highest BCUT2D eigenvalue weighted by Gasteiger charge is 2.32. The van der Waals surface area contributed by atoms with Crippen molar-refractivity contribution in [1.29, 1.82) is 0 Å². The Balaban J connectivity index is 1.37. The summed E-state index contributed by atoms with van der Waals surface area (Å²) < 4.78 is 51.3. The van der Waals surface area contributed by atoms with Crippen molar-refractivity contribution in [3.8, 4) is 28.7 Å². The van der Waals surface area contributed by atoms with Gasteiger partial charge in [-0.15, -0.1) is 0 Å². The van der Waals surface area contributed by atoms with Crippen LogP contribution in [-0.2, 0) is 19.6 Å². The lowest BCUT2D eigenvalue weighted by atomic mass is 9.97. The van der Waals surface area contributed by atoms with Crippen LogP contribution in [0.5, 0.6) is 11.6 Å². The quantitative estimate of drug-likeness (QED) is 0.311. The van der Waals surface area contributed by atoms with E-state index in [9.17, 15) is 23.1 Å². The number of carboxylic acid groups (broad SMARTS) is 1. The third-order valence-electron chi connectivity index (χ3n) is 6.74. The first-order valence-electron chi connectivity index (χ1n) is 12.6. The molecule has 0 radical (unpaired) electrons. The van der Waals surface area contributed by atoms with Crippen LogP contribution in [0.4, 0.5) is 13.2 Å². The van der Waals surface area contributed by atoms with Crippen LogP contribution in [0.15, 0.2) is 60.8 Å². The molecule has 0 saturated heterocycles. The van der Waals surface area contributed by atoms with Crippen LogP contribution in [0.2, 0.25) is 0 Å². The number of para-hydroxylation sites is 1. The van der Waals surface area contributed by atoms with Crippen LogP contribution in [0.25, 0.3) is 17.1 Å². The van der Waals surface area contributed by atoms with Crippen LogP contribution in [0, 0.1) is 6.92 Å². The molecule has 2 aromatic carbocycles. The number of carboxylic acids is 1. The molecule has 8 nitrogen and oxygen atoms in total. The number of fused-ring (bicyclic) bond motifs is 1.